The summed E-state index contributed by atoms with van der Waals surface area (Å²) in [6, 6.07) is 11.9. The number of aliphatic hydroxyl groups excluding tert-OH is 1. The number of hydrogen-bond acceptors (Lipinski definition) is 3. The van der Waals surface area contributed by atoms with Crippen LogP contribution in [-0.4, -0.2) is 17.7 Å². The predicted octanol–water partition coefficient (Wildman–Crippen LogP) is 4.68. The summed E-state index contributed by atoms with van der Waals surface area (Å²) >= 11 is 0. The van der Waals surface area contributed by atoms with E-state index in [1.54, 1.807) is 36.4 Å². The van der Waals surface area contributed by atoms with Crippen molar-refractivity contribution in [2.24, 2.45) is 0 Å². The van der Waals surface area contributed by atoms with Crippen LogP contribution in [0.2, 0.25) is 0 Å². The van der Waals surface area contributed by atoms with Crippen molar-refractivity contribution in [3.05, 3.63) is 66.0 Å². The molecule has 132 valence electrons. The number of rotatable bonds is 8. The number of carbonyl (C=O) groups is 1. The van der Waals surface area contributed by atoms with Crippen LogP contribution in [0.3, 0.4) is 0 Å². The maximum Gasteiger partial charge on any atom is 0.341 e. The number of benzene rings is 2. The molecule has 0 unspecified atom stereocenters. The van der Waals surface area contributed by atoms with E-state index in [0.717, 1.165) is 31.2 Å². The third-order valence-electron chi connectivity index (χ3n) is 3.96. The van der Waals surface area contributed by atoms with Crippen molar-refractivity contribution < 1.29 is 19.0 Å². The first-order chi connectivity index (χ1) is 12.0. The number of ether oxygens (including phenoxy) is 1. The summed E-state index contributed by atoms with van der Waals surface area (Å²) in [5.41, 5.74) is 2.20. The van der Waals surface area contributed by atoms with Crippen LogP contribution in [0.25, 0.3) is 11.1 Å². The molecule has 2 aromatic rings. The zero-order chi connectivity index (χ0) is 18.2. The number of unbranched alkanes of at least 4 members (excludes halogenated alkanes) is 2. The third-order valence-corrected chi connectivity index (χ3v) is 3.96. The Morgan fingerprint density at radius 3 is 2.48 bits per heavy atom. The summed E-state index contributed by atoms with van der Waals surface area (Å²) in [5, 5.41) is 8.85. The molecule has 0 amide bonds. The molecule has 25 heavy (non-hydrogen) atoms. The molecule has 4 heteroatoms. The van der Waals surface area contributed by atoms with E-state index in [1.807, 2.05) is 6.07 Å². The van der Waals surface area contributed by atoms with Gasteiger partial charge >= 0.3 is 5.97 Å². The van der Waals surface area contributed by atoms with E-state index in [-0.39, 0.29) is 11.4 Å². The number of aryl methyl sites for hydroxylation is 1. The van der Waals surface area contributed by atoms with Crippen molar-refractivity contribution in [1.29, 1.82) is 0 Å². The molecule has 3 nitrogen and oxygen atoms in total. The van der Waals surface area contributed by atoms with Crippen LogP contribution in [0.1, 0.15) is 31.7 Å². The van der Waals surface area contributed by atoms with E-state index in [9.17, 15) is 9.18 Å². The SMILES string of the molecule is C=C(CO)C(=O)Oc1ccc(-c2ccc(CCCCC)cc2F)cc1. The van der Waals surface area contributed by atoms with E-state index in [0.29, 0.717) is 16.9 Å². The molecule has 2 rings (SSSR count). The quantitative estimate of drug-likeness (QED) is 0.328. The first-order valence-corrected chi connectivity index (χ1v) is 8.44. The molecule has 0 aromatic heterocycles. The Morgan fingerprint density at radius 2 is 1.88 bits per heavy atom. The monoisotopic (exact) mass is 342 g/mol. The van der Waals surface area contributed by atoms with Crippen molar-refractivity contribution >= 4 is 5.97 Å². The minimum absolute atomic E-state index is 0.0196. The third kappa shape index (κ3) is 5.26. The first kappa shape index (κ1) is 18.9. The average molecular weight is 342 g/mol. The second-order valence-corrected chi connectivity index (χ2v) is 5.95. The highest BCUT2D eigenvalue weighted by Gasteiger charge is 2.10. The zero-order valence-corrected chi connectivity index (χ0v) is 14.4. The van der Waals surface area contributed by atoms with Gasteiger partial charge in [-0.15, -0.1) is 0 Å². The Morgan fingerprint density at radius 1 is 1.16 bits per heavy atom. The average Bonchev–Trinajstić information content (AvgIpc) is 2.62. The summed E-state index contributed by atoms with van der Waals surface area (Å²) in [4.78, 5) is 11.6. The molecule has 0 fully saturated rings. The highest BCUT2D eigenvalue weighted by Crippen LogP contribution is 2.26. The summed E-state index contributed by atoms with van der Waals surface area (Å²) in [6.07, 6.45) is 4.23. The summed E-state index contributed by atoms with van der Waals surface area (Å²) in [6.45, 7) is 5.10. The van der Waals surface area contributed by atoms with Crippen molar-refractivity contribution in [2.45, 2.75) is 32.6 Å². The van der Waals surface area contributed by atoms with E-state index in [4.69, 9.17) is 9.84 Å². The molecule has 0 radical (unpaired) electrons. The lowest BCUT2D eigenvalue weighted by molar-refractivity contribution is -0.130. The minimum Gasteiger partial charge on any atom is -0.423 e. The molecule has 0 aliphatic rings. The molecule has 0 bridgehead atoms. The van der Waals surface area contributed by atoms with Crippen molar-refractivity contribution in [3.8, 4) is 16.9 Å². The van der Waals surface area contributed by atoms with Crippen LogP contribution in [0, 0.1) is 5.82 Å². The fourth-order valence-electron chi connectivity index (χ4n) is 2.47. The molecular formula is C21H23FO3. The summed E-state index contributed by atoms with van der Waals surface area (Å²) in [7, 11) is 0. The van der Waals surface area contributed by atoms with Crippen LogP contribution in [0.4, 0.5) is 4.39 Å². The van der Waals surface area contributed by atoms with Gasteiger partial charge in [0.05, 0.1) is 12.2 Å². The molecule has 0 aliphatic heterocycles. The number of hydrogen-bond donors (Lipinski definition) is 1. The maximum absolute atomic E-state index is 14.4. The Bertz CT molecular complexity index is 735. The van der Waals surface area contributed by atoms with Gasteiger partial charge in [0, 0.05) is 5.56 Å². The second-order valence-electron chi connectivity index (χ2n) is 5.95. The second kappa shape index (κ2) is 9.14. The van der Waals surface area contributed by atoms with E-state index >= 15 is 0 Å². The van der Waals surface area contributed by atoms with Gasteiger partial charge in [-0.25, -0.2) is 9.18 Å². The van der Waals surface area contributed by atoms with Crippen LogP contribution in [0.5, 0.6) is 5.75 Å². The minimum atomic E-state index is -0.683. The van der Waals surface area contributed by atoms with Gasteiger partial charge in [0.15, 0.2) is 0 Å². The van der Waals surface area contributed by atoms with Gasteiger partial charge < -0.3 is 9.84 Å². The van der Waals surface area contributed by atoms with E-state index in [2.05, 4.69) is 13.5 Å². The van der Waals surface area contributed by atoms with Gasteiger partial charge in [0.2, 0.25) is 0 Å². The fourth-order valence-corrected chi connectivity index (χ4v) is 2.47. The van der Waals surface area contributed by atoms with Crippen molar-refractivity contribution in [1.82, 2.24) is 0 Å². The molecule has 2 aromatic carbocycles. The summed E-state index contributed by atoms with van der Waals surface area (Å²) < 4.78 is 19.5. The van der Waals surface area contributed by atoms with Crippen molar-refractivity contribution in [2.75, 3.05) is 6.61 Å². The normalized spacial score (nSPS) is 10.5. The molecule has 1 N–H and O–H groups in total. The number of aliphatic hydroxyl groups is 1. The molecule has 0 atom stereocenters. The Kier molecular flexibility index (Phi) is 6.90. The van der Waals surface area contributed by atoms with Gasteiger partial charge in [0.25, 0.3) is 0 Å². The van der Waals surface area contributed by atoms with Gasteiger partial charge in [0.1, 0.15) is 11.6 Å². The highest BCUT2D eigenvalue weighted by molar-refractivity contribution is 5.89. The Balaban J connectivity index is 2.09. The van der Waals surface area contributed by atoms with Crippen LogP contribution in [0.15, 0.2) is 54.6 Å². The van der Waals surface area contributed by atoms with Gasteiger partial charge in [-0.1, -0.05) is 50.6 Å². The molecule has 0 saturated heterocycles. The Labute approximate surface area is 147 Å². The smallest absolute Gasteiger partial charge is 0.341 e. The van der Waals surface area contributed by atoms with Gasteiger partial charge in [-0.3, -0.25) is 0 Å². The highest BCUT2D eigenvalue weighted by atomic mass is 19.1. The van der Waals surface area contributed by atoms with E-state index in [1.165, 1.54) is 0 Å². The van der Waals surface area contributed by atoms with Crippen LogP contribution < -0.4 is 4.74 Å². The molecular weight excluding hydrogens is 319 g/mol. The number of halogens is 1. The fraction of sp³-hybridized carbons (Fsp3) is 0.286. The molecule has 0 aliphatic carbocycles. The largest absolute Gasteiger partial charge is 0.423 e. The van der Waals surface area contributed by atoms with Crippen LogP contribution >= 0.6 is 0 Å². The lowest BCUT2D eigenvalue weighted by atomic mass is 10.0. The van der Waals surface area contributed by atoms with Gasteiger partial charge in [-0.2, -0.15) is 0 Å². The standard InChI is InChI=1S/C21H23FO3/c1-3-4-5-6-16-7-12-19(20(22)13-16)17-8-10-18(11-9-17)25-21(24)15(2)14-23/h7-13,23H,2-6,14H2,1H3. The van der Waals surface area contributed by atoms with Crippen molar-refractivity contribution in [3.63, 3.8) is 0 Å². The first-order valence-electron chi connectivity index (χ1n) is 8.44. The summed E-state index contributed by atoms with van der Waals surface area (Å²) in [5.74, 6) is -0.620. The Hall–Kier alpha value is -2.46. The topological polar surface area (TPSA) is 46.5 Å². The van der Waals surface area contributed by atoms with Gasteiger partial charge in [-0.05, 0) is 42.2 Å². The van der Waals surface area contributed by atoms with Crippen LogP contribution in [-0.2, 0) is 11.2 Å². The zero-order valence-electron chi connectivity index (χ0n) is 14.4. The predicted molar refractivity (Wildman–Crippen MR) is 96.9 cm³/mol. The number of carbonyl (C=O) groups excluding carboxylic acids is 1. The molecule has 0 saturated carbocycles. The van der Waals surface area contributed by atoms with E-state index < -0.39 is 12.6 Å². The lowest BCUT2D eigenvalue weighted by Gasteiger charge is -2.08. The molecule has 0 heterocycles. The molecule has 0 spiro atoms. The maximum atomic E-state index is 14.4. The lowest BCUT2D eigenvalue weighted by Crippen LogP contribution is -2.12. The number of esters is 1.